The van der Waals surface area contributed by atoms with Crippen molar-refractivity contribution in [2.24, 2.45) is 0 Å². The third kappa shape index (κ3) is 3.21. The number of rotatable bonds is 5. The Bertz CT molecular complexity index is 925. The Hall–Kier alpha value is -2.48. The number of hydroxylamine groups is 2. The van der Waals surface area contributed by atoms with Crippen LogP contribution in [0.25, 0.3) is 16.6 Å². The maximum absolute atomic E-state index is 12.5. The number of hydrogen-bond acceptors (Lipinski definition) is 5. The molecule has 1 amide bonds. The van der Waals surface area contributed by atoms with Crippen molar-refractivity contribution in [1.82, 2.24) is 19.8 Å². The van der Waals surface area contributed by atoms with Gasteiger partial charge in [-0.25, -0.2) is 9.75 Å². The van der Waals surface area contributed by atoms with Crippen LogP contribution in [0.15, 0.2) is 36.7 Å². The van der Waals surface area contributed by atoms with E-state index in [0.717, 1.165) is 21.7 Å². The minimum atomic E-state index is -0.304. The monoisotopic (exact) mass is 360 g/mol. The second-order valence-corrected chi connectivity index (χ2v) is 5.76. The van der Waals surface area contributed by atoms with Gasteiger partial charge in [0.05, 0.1) is 42.4 Å². The second kappa shape index (κ2) is 7.18. The minimum Gasteiger partial charge on any atom is -0.378 e. The third-order valence-corrected chi connectivity index (χ3v) is 4.09. The van der Waals surface area contributed by atoms with Crippen molar-refractivity contribution in [3.05, 3.63) is 52.9 Å². The molecule has 0 aliphatic heterocycles. The van der Waals surface area contributed by atoms with Crippen molar-refractivity contribution in [2.75, 3.05) is 21.3 Å². The van der Waals surface area contributed by atoms with Gasteiger partial charge in [-0.15, -0.1) is 0 Å². The van der Waals surface area contributed by atoms with Crippen LogP contribution in [0, 0.1) is 0 Å². The average molecular weight is 361 g/mol. The molecule has 0 aliphatic rings. The number of carbonyl (C=O) groups is 1. The van der Waals surface area contributed by atoms with E-state index < -0.39 is 0 Å². The molecule has 0 radical (unpaired) electrons. The third-order valence-electron chi connectivity index (χ3n) is 3.85. The first-order valence-corrected chi connectivity index (χ1v) is 7.87. The molecule has 0 N–H and O–H groups in total. The number of pyridine rings is 1. The van der Waals surface area contributed by atoms with Crippen LogP contribution in [0.1, 0.15) is 16.1 Å². The molecule has 1 aromatic carbocycles. The number of carbonyl (C=O) groups excluding carboxylic acids is 1. The highest BCUT2D eigenvalue weighted by Gasteiger charge is 2.22. The van der Waals surface area contributed by atoms with Crippen molar-refractivity contribution in [1.29, 1.82) is 0 Å². The highest BCUT2D eigenvalue weighted by Crippen LogP contribution is 2.26. The Morgan fingerprint density at radius 3 is 2.84 bits per heavy atom. The Morgan fingerprint density at radius 2 is 2.12 bits per heavy atom. The van der Waals surface area contributed by atoms with E-state index in [9.17, 15) is 4.79 Å². The molecule has 7 nitrogen and oxygen atoms in total. The van der Waals surface area contributed by atoms with Gasteiger partial charge in [0.25, 0.3) is 5.91 Å². The average Bonchev–Trinajstić information content (AvgIpc) is 3.03. The summed E-state index contributed by atoms with van der Waals surface area (Å²) < 4.78 is 6.95. The maximum atomic E-state index is 12.5. The number of aromatic nitrogens is 3. The van der Waals surface area contributed by atoms with Gasteiger partial charge in [-0.05, 0) is 24.3 Å². The molecule has 2 aromatic heterocycles. The van der Waals surface area contributed by atoms with Gasteiger partial charge < -0.3 is 4.74 Å². The molecule has 130 valence electrons. The molecule has 3 aromatic rings. The van der Waals surface area contributed by atoms with E-state index in [1.807, 2.05) is 12.1 Å². The van der Waals surface area contributed by atoms with Gasteiger partial charge in [0.15, 0.2) is 0 Å². The fraction of sp³-hybridized carbons (Fsp3) is 0.235. The lowest BCUT2D eigenvalue weighted by Gasteiger charge is -2.15. The molecule has 0 saturated heterocycles. The van der Waals surface area contributed by atoms with E-state index in [-0.39, 0.29) is 12.5 Å². The SMILES string of the molecule is COCc1c(C(=O)N(C)OC)cnn1-c1ccnc2cc(Cl)ccc12. The normalized spacial score (nSPS) is 11.0. The van der Waals surface area contributed by atoms with Gasteiger partial charge in [0.2, 0.25) is 0 Å². The van der Waals surface area contributed by atoms with Gasteiger partial charge in [0, 0.05) is 30.8 Å². The molecule has 0 unspecified atom stereocenters. The lowest BCUT2D eigenvalue weighted by molar-refractivity contribution is -0.0758. The first-order valence-electron chi connectivity index (χ1n) is 7.49. The van der Waals surface area contributed by atoms with Crippen LogP contribution in [0.5, 0.6) is 0 Å². The van der Waals surface area contributed by atoms with Crippen LogP contribution in [0.4, 0.5) is 0 Å². The summed E-state index contributed by atoms with van der Waals surface area (Å²) >= 11 is 6.05. The highest BCUT2D eigenvalue weighted by molar-refractivity contribution is 6.31. The second-order valence-electron chi connectivity index (χ2n) is 5.33. The van der Waals surface area contributed by atoms with Crippen molar-refractivity contribution in [3.8, 4) is 5.69 Å². The largest absolute Gasteiger partial charge is 0.378 e. The Labute approximate surface area is 149 Å². The van der Waals surface area contributed by atoms with E-state index in [4.69, 9.17) is 21.2 Å². The zero-order valence-corrected chi connectivity index (χ0v) is 14.8. The summed E-state index contributed by atoms with van der Waals surface area (Å²) in [6.07, 6.45) is 3.18. The predicted octanol–water partition coefficient (Wildman–Crippen LogP) is 2.85. The number of nitrogens with zero attached hydrogens (tertiary/aromatic N) is 4. The molecule has 25 heavy (non-hydrogen) atoms. The molecule has 0 saturated carbocycles. The number of benzene rings is 1. The lowest BCUT2D eigenvalue weighted by Crippen LogP contribution is -2.26. The first-order chi connectivity index (χ1) is 12.1. The van der Waals surface area contributed by atoms with E-state index in [2.05, 4.69) is 10.1 Å². The van der Waals surface area contributed by atoms with E-state index in [0.29, 0.717) is 16.3 Å². The van der Waals surface area contributed by atoms with Crippen LogP contribution in [0.3, 0.4) is 0 Å². The molecule has 3 rings (SSSR count). The molecule has 2 heterocycles. The van der Waals surface area contributed by atoms with Crippen LogP contribution in [-0.2, 0) is 16.2 Å². The number of hydrogen-bond donors (Lipinski definition) is 0. The molecular formula is C17H17ClN4O3. The van der Waals surface area contributed by atoms with Crippen LogP contribution < -0.4 is 0 Å². The molecule has 0 bridgehead atoms. The minimum absolute atomic E-state index is 0.218. The van der Waals surface area contributed by atoms with Gasteiger partial charge >= 0.3 is 0 Å². The fourth-order valence-corrected chi connectivity index (χ4v) is 2.75. The fourth-order valence-electron chi connectivity index (χ4n) is 2.58. The number of amides is 1. The summed E-state index contributed by atoms with van der Waals surface area (Å²) in [5.74, 6) is -0.304. The van der Waals surface area contributed by atoms with Gasteiger partial charge in [-0.2, -0.15) is 5.10 Å². The van der Waals surface area contributed by atoms with Crippen LogP contribution >= 0.6 is 11.6 Å². The van der Waals surface area contributed by atoms with Gasteiger partial charge in [-0.3, -0.25) is 14.6 Å². The smallest absolute Gasteiger partial charge is 0.280 e. The van der Waals surface area contributed by atoms with Crippen LogP contribution in [-0.4, -0.2) is 47.0 Å². The molecule has 8 heteroatoms. The van der Waals surface area contributed by atoms with Crippen molar-refractivity contribution >= 4 is 28.4 Å². The summed E-state index contributed by atoms with van der Waals surface area (Å²) in [5, 5.41) is 7.00. The summed E-state index contributed by atoms with van der Waals surface area (Å²) in [7, 11) is 4.54. The van der Waals surface area contributed by atoms with E-state index in [1.165, 1.54) is 13.3 Å². The summed E-state index contributed by atoms with van der Waals surface area (Å²) in [6.45, 7) is 0.218. The first kappa shape index (κ1) is 17.3. The number of methoxy groups -OCH3 is 1. The summed E-state index contributed by atoms with van der Waals surface area (Å²) in [6, 6.07) is 7.28. The highest BCUT2D eigenvalue weighted by atomic mass is 35.5. The Balaban J connectivity index is 2.18. The maximum Gasteiger partial charge on any atom is 0.280 e. The molecule has 0 aliphatic carbocycles. The molecular weight excluding hydrogens is 344 g/mol. The Morgan fingerprint density at radius 1 is 1.32 bits per heavy atom. The molecule has 0 atom stereocenters. The van der Waals surface area contributed by atoms with Crippen molar-refractivity contribution < 1.29 is 14.4 Å². The summed E-state index contributed by atoms with van der Waals surface area (Å²) in [5.41, 5.74) is 2.56. The predicted molar refractivity (Wildman–Crippen MR) is 93.7 cm³/mol. The standard InChI is InChI=1S/C17H17ClN4O3/c1-21(25-3)17(23)13-9-20-22(16(13)10-24-2)15-6-7-19-14-8-11(18)4-5-12(14)15/h4-9H,10H2,1-3H3. The zero-order chi connectivity index (χ0) is 18.0. The van der Waals surface area contributed by atoms with Gasteiger partial charge in [-0.1, -0.05) is 11.6 Å². The Kier molecular flexibility index (Phi) is 4.98. The summed E-state index contributed by atoms with van der Waals surface area (Å²) in [4.78, 5) is 21.8. The lowest BCUT2D eigenvalue weighted by atomic mass is 10.1. The van der Waals surface area contributed by atoms with Crippen molar-refractivity contribution in [3.63, 3.8) is 0 Å². The topological polar surface area (TPSA) is 69.5 Å². The van der Waals surface area contributed by atoms with Crippen LogP contribution in [0.2, 0.25) is 5.02 Å². The van der Waals surface area contributed by atoms with Gasteiger partial charge in [0.1, 0.15) is 0 Å². The molecule has 0 spiro atoms. The molecule has 0 fully saturated rings. The number of fused-ring (bicyclic) bond motifs is 1. The number of halogens is 1. The van der Waals surface area contributed by atoms with E-state index in [1.54, 1.807) is 37.2 Å². The van der Waals surface area contributed by atoms with E-state index >= 15 is 0 Å². The quantitative estimate of drug-likeness (QED) is 0.654. The number of ether oxygens (including phenoxy) is 1. The zero-order valence-electron chi connectivity index (χ0n) is 14.1. The van der Waals surface area contributed by atoms with Crippen molar-refractivity contribution in [2.45, 2.75) is 6.61 Å².